The van der Waals surface area contributed by atoms with E-state index in [-0.39, 0.29) is 0 Å². The van der Waals surface area contributed by atoms with Crippen LogP contribution in [0.3, 0.4) is 0 Å². The first-order valence-corrected chi connectivity index (χ1v) is 7.61. The van der Waals surface area contributed by atoms with Gasteiger partial charge in [0.1, 0.15) is 0 Å². The Morgan fingerprint density at radius 3 is 3.06 bits per heavy atom. The van der Waals surface area contributed by atoms with Crippen LogP contribution < -0.4 is 5.73 Å². The molecule has 2 aromatic rings. The Morgan fingerprint density at radius 1 is 1.44 bits per heavy atom. The predicted molar refractivity (Wildman–Crippen MR) is 78.3 cm³/mol. The average Bonchev–Trinajstić information content (AvgIpc) is 2.81. The number of hydrogen-bond donors (Lipinski definition) is 1. The summed E-state index contributed by atoms with van der Waals surface area (Å²) in [6.45, 7) is 2.15. The molecule has 18 heavy (non-hydrogen) atoms. The van der Waals surface area contributed by atoms with Crippen LogP contribution in [0.2, 0.25) is 0 Å². The number of benzene rings is 1. The van der Waals surface area contributed by atoms with Gasteiger partial charge in [-0.3, -0.25) is 0 Å². The molecule has 0 saturated carbocycles. The molecule has 0 atom stereocenters. The zero-order valence-corrected chi connectivity index (χ0v) is 12.4. The number of nitrogens with zero attached hydrogens (tertiary/aromatic N) is 2. The van der Waals surface area contributed by atoms with E-state index in [1.807, 2.05) is 18.2 Å². The molecule has 96 valence electrons. The number of hydrogen-bond acceptors (Lipinski definition) is 5. The SMILES string of the molecule is CCCSCc1noc(-c2cc(N)ccc2Br)n1. The van der Waals surface area contributed by atoms with Crippen molar-refractivity contribution >= 4 is 33.4 Å². The van der Waals surface area contributed by atoms with E-state index in [0.717, 1.165) is 33.8 Å². The van der Waals surface area contributed by atoms with Crippen LogP contribution in [0.25, 0.3) is 11.5 Å². The highest BCUT2D eigenvalue weighted by molar-refractivity contribution is 9.10. The van der Waals surface area contributed by atoms with Crippen molar-refractivity contribution in [1.82, 2.24) is 10.1 Å². The first-order chi connectivity index (χ1) is 8.70. The van der Waals surface area contributed by atoms with E-state index in [2.05, 4.69) is 33.0 Å². The van der Waals surface area contributed by atoms with Gasteiger partial charge in [-0.05, 0) is 46.3 Å². The number of rotatable bonds is 5. The quantitative estimate of drug-likeness (QED) is 0.669. The standard InChI is InChI=1S/C12H14BrN3OS/c1-2-5-18-7-11-15-12(17-16-11)9-6-8(14)3-4-10(9)13/h3-4,6H,2,5,7,14H2,1H3. The molecule has 0 amide bonds. The van der Waals surface area contributed by atoms with E-state index in [0.29, 0.717) is 11.6 Å². The van der Waals surface area contributed by atoms with Crippen molar-refractivity contribution in [3.63, 3.8) is 0 Å². The van der Waals surface area contributed by atoms with Crippen LogP contribution in [0, 0.1) is 0 Å². The van der Waals surface area contributed by atoms with E-state index < -0.39 is 0 Å². The van der Waals surface area contributed by atoms with Gasteiger partial charge in [0.05, 0.1) is 11.3 Å². The highest BCUT2D eigenvalue weighted by atomic mass is 79.9. The van der Waals surface area contributed by atoms with Gasteiger partial charge in [0.15, 0.2) is 5.82 Å². The molecule has 0 saturated heterocycles. The van der Waals surface area contributed by atoms with E-state index >= 15 is 0 Å². The van der Waals surface area contributed by atoms with Crippen molar-refractivity contribution in [2.24, 2.45) is 0 Å². The van der Waals surface area contributed by atoms with Gasteiger partial charge >= 0.3 is 0 Å². The van der Waals surface area contributed by atoms with Gasteiger partial charge in [-0.15, -0.1) is 0 Å². The van der Waals surface area contributed by atoms with E-state index in [9.17, 15) is 0 Å². The number of thioether (sulfide) groups is 1. The topological polar surface area (TPSA) is 64.9 Å². The lowest BCUT2D eigenvalue weighted by molar-refractivity contribution is 0.425. The average molecular weight is 328 g/mol. The Balaban J connectivity index is 2.16. The van der Waals surface area contributed by atoms with Crippen LogP contribution in [0.4, 0.5) is 5.69 Å². The predicted octanol–water partition coefficient (Wildman–Crippen LogP) is 3.72. The van der Waals surface area contributed by atoms with Crippen LogP contribution in [0.15, 0.2) is 27.2 Å². The summed E-state index contributed by atoms with van der Waals surface area (Å²) in [5, 5.41) is 3.97. The normalized spacial score (nSPS) is 10.8. The molecule has 0 unspecified atom stereocenters. The molecule has 6 heteroatoms. The Hall–Kier alpha value is -1.01. The van der Waals surface area contributed by atoms with Gasteiger partial charge < -0.3 is 10.3 Å². The first-order valence-electron chi connectivity index (χ1n) is 5.66. The molecule has 2 N–H and O–H groups in total. The Kier molecular flexibility index (Phi) is 4.66. The molecule has 1 aromatic heterocycles. The molecule has 0 aliphatic rings. The minimum absolute atomic E-state index is 0.501. The van der Waals surface area contributed by atoms with Crippen LogP contribution >= 0.6 is 27.7 Å². The third kappa shape index (κ3) is 3.26. The number of nitrogens with two attached hydrogens (primary N) is 1. The van der Waals surface area contributed by atoms with Crippen LogP contribution in [0.1, 0.15) is 19.2 Å². The highest BCUT2D eigenvalue weighted by Gasteiger charge is 2.12. The van der Waals surface area contributed by atoms with Crippen LogP contribution in [-0.2, 0) is 5.75 Å². The molecule has 0 aliphatic heterocycles. The van der Waals surface area contributed by atoms with Gasteiger partial charge in [0, 0.05) is 10.2 Å². The minimum atomic E-state index is 0.501. The monoisotopic (exact) mass is 327 g/mol. The molecule has 2 rings (SSSR count). The minimum Gasteiger partial charge on any atom is -0.399 e. The molecule has 0 bridgehead atoms. The van der Waals surface area contributed by atoms with Gasteiger partial charge in [-0.1, -0.05) is 12.1 Å². The summed E-state index contributed by atoms with van der Waals surface area (Å²) in [6.07, 6.45) is 1.15. The molecule has 0 fully saturated rings. The third-order valence-electron chi connectivity index (χ3n) is 2.27. The molecule has 0 aliphatic carbocycles. The molecule has 1 aromatic carbocycles. The maximum absolute atomic E-state index is 5.76. The fourth-order valence-electron chi connectivity index (χ4n) is 1.44. The van der Waals surface area contributed by atoms with Crippen molar-refractivity contribution in [3.05, 3.63) is 28.5 Å². The Morgan fingerprint density at radius 2 is 2.28 bits per heavy atom. The lowest BCUT2D eigenvalue weighted by Gasteiger charge is -1.99. The number of aromatic nitrogens is 2. The fraction of sp³-hybridized carbons (Fsp3) is 0.333. The molecular formula is C12H14BrN3OS. The van der Waals surface area contributed by atoms with Gasteiger partial charge in [0.2, 0.25) is 0 Å². The largest absolute Gasteiger partial charge is 0.399 e. The van der Waals surface area contributed by atoms with E-state index in [4.69, 9.17) is 10.3 Å². The van der Waals surface area contributed by atoms with E-state index in [1.165, 1.54) is 0 Å². The van der Waals surface area contributed by atoms with Crippen molar-refractivity contribution in [3.8, 4) is 11.5 Å². The summed E-state index contributed by atoms with van der Waals surface area (Å²) in [6, 6.07) is 5.52. The van der Waals surface area contributed by atoms with Crippen molar-refractivity contribution in [2.75, 3.05) is 11.5 Å². The second kappa shape index (κ2) is 6.24. The maximum Gasteiger partial charge on any atom is 0.259 e. The summed E-state index contributed by atoms with van der Waals surface area (Å²) in [4.78, 5) is 4.37. The third-order valence-corrected chi connectivity index (χ3v) is 4.12. The molecule has 0 spiro atoms. The van der Waals surface area contributed by atoms with Crippen LogP contribution in [0.5, 0.6) is 0 Å². The summed E-state index contributed by atoms with van der Waals surface area (Å²) in [5.41, 5.74) is 7.26. The summed E-state index contributed by atoms with van der Waals surface area (Å²) >= 11 is 5.25. The summed E-state index contributed by atoms with van der Waals surface area (Å²) in [5.74, 6) is 3.10. The molecule has 0 radical (unpaired) electrons. The zero-order valence-electron chi connectivity index (χ0n) is 10.0. The van der Waals surface area contributed by atoms with Gasteiger partial charge in [-0.25, -0.2) is 0 Å². The first kappa shape index (κ1) is 13.4. The smallest absolute Gasteiger partial charge is 0.259 e. The number of anilines is 1. The van der Waals surface area contributed by atoms with Crippen LogP contribution in [-0.4, -0.2) is 15.9 Å². The Bertz CT molecular complexity index is 530. The summed E-state index contributed by atoms with van der Waals surface area (Å²) < 4.78 is 6.15. The van der Waals surface area contributed by atoms with Crippen molar-refractivity contribution in [2.45, 2.75) is 19.1 Å². The van der Waals surface area contributed by atoms with Gasteiger partial charge in [0.25, 0.3) is 5.89 Å². The lowest BCUT2D eigenvalue weighted by atomic mass is 10.2. The lowest BCUT2D eigenvalue weighted by Crippen LogP contribution is -1.88. The molecular weight excluding hydrogens is 314 g/mol. The summed E-state index contributed by atoms with van der Waals surface area (Å²) in [7, 11) is 0. The Labute approximate surface area is 118 Å². The molecule has 1 heterocycles. The second-order valence-corrected chi connectivity index (χ2v) is 5.77. The number of halogens is 1. The molecule has 4 nitrogen and oxygen atoms in total. The highest BCUT2D eigenvalue weighted by Crippen LogP contribution is 2.29. The van der Waals surface area contributed by atoms with Gasteiger partial charge in [-0.2, -0.15) is 16.7 Å². The fourth-order valence-corrected chi connectivity index (χ4v) is 2.59. The van der Waals surface area contributed by atoms with E-state index in [1.54, 1.807) is 11.8 Å². The van der Waals surface area contributed by atoms with Crippen molar-refractivity contribution < 1.29 is 4.52 Å². The number of nitrogen functional groups attached to an aromatic ring is 1. The maximum atomic E-state index is 5.76. The second-order valence-electron chi connectivity index (χ2n) is 3.81. The van der Waals surface area contributed by atoms with Crippen molar-refractivity contribution in [1.29, 1.82) is 0 Å². The zero-order chi connectivity index (χ0) is 13.0.